The molecule has 1 aromatic heterocycles. The van der Waals surface area contributed by atoms with Gasteiger partial charge in [0.2, 0.25) is 10.0 Å². The van der Waals surface area contributed by atoms with Gasteiger partial charge < -0.3 is 9.88 Å². The summed E-state index contributed by atoms with van der Waals surface area (Å²) in [6.45, 7) is 0.296. The van der Waals surface area contributed by atoms with Gasteiger partial charge in [-0.05, 0) is 44.2 Å². The van der Waals surface area contributed by atoms with Gasteiger partial charge in [-0.15, -0.1) is 0 Å². The first-order valence-corrected chi connectivity index (χ1v) is 10.3. The topological polar surface area (TPSA) is 119 Å². The molecule has 0 bridgehead atoms. The minimum Gasteiger partial charge on any atom is -0.372 e. The van der Waals surface area contributed by atoms with Crippen LogP contribution in [0.1, 0.15) is 24.7 Å². The smallest absolute Gasteiger partial charge is 0.293 e. The zero-order valence-electron chi connectivity index (χ0n) is 15.1. The predicted octanol–water partition coefficient (Wildman–Crippen LogP) is 2.80. The van der Waals surface area contributed by atoms with Crippen LogP contribution in [0.5, 0.6) is 0 Å². The number of rotatable bonds is 7. The fourth-order valence-electron chi connectivity index (χ4n) is 3.23. The second kappa shape index (κ2) is 6.88. The normalized spacial score (nSPS) is 14.3. The van der Waals surface area contributed by atoms with E-state index in [2.05, 4.69) is 19.6 Å². The molecule has 3 aromatic rings. The number of aromatic nitrogens is 2. The van der Waals surface area contributed by atoms with Crippen molar-refractivity contribution in [2.75, 3.05) is 12.4 Å². The lowest BCUT2D eigenvalue weighted by atomic mass is 10.2. The Bertz CT molecular complexity index is 1170. The van der Waals surface area contributed by atoms with Crippen LogP contribution in [-0.4, -0.2) is 29.9 Å². The summed E-state index contributed by atoms with van der Waals surface area (Å²) >= 11 is 0. The molecule has 0 aliphatic heterocycles. The van der Waals surface area contributed by atoms with E-state index in [1.165, 1.54) is 19.2 Å². The van der Waals surface area contributed by atoms with Crippen molar-refractivity contribution in [1.29, 1.82) is 0 Å². The fraction of sp³-hybridized carbons (Fsp3) is 0.278. The number of nitro groups is 1. The highest BCUT2D eigenvalue weighted by molar-refractivity contribution is 7.89. The van der Waals surface area contributed by atoms with Crippen molar-refractivity contribution >= 4 is 32.4 Å². The van der Waals surface area contributed by atoms with Crippen LogP contribution >= 0.6 is 0 Å². The molecular weight excluding hydrogens is 382 g/mol. The molecule has 0 radical (unpaired) electrons. The minimum atomic E-state index is -3.76. The van der Waals surface area contributed by atoms with Gasteiger partial charge in [-0.3, -0.25) is 10.1 Å². The first kappa shape index (κ1) is 18.4. The summed E-state index contributed by atoms with van der Waals surface area (Å²) in [4.78, 5) is 15.4. The van der Waals surface area contributed by atoms with Crippen molar-refractivity contribution in [3.8, 4) is 0 Å². The van der Waals surface area contributed by atoms with E-state index in [0.717, 1.165) is 35.8 Å². The van der Waals surface area contributed by atoms with E-state index in [1.807, 2.05) is 24.3 Å². The maximum Gasteiger partial charge on any atom is 0.293 e. The number of imidazole rings is 1. The average Bonchev–Trinajstić information content (AvgIpc) is 3.46. The van der Waals surface area contributed by atoms with Gasteiger partial charge in [0, 0.05) is 12.1 Å². The van der Waals surface area contributed by atoms with Crippen LogP contribution in [0.2, 0.25) is 0 Å². The molecule has 2 N–H and O–H groups in total. The third-order valence-electron chi connectivity index (χ3n) is 4.76. The molecule has 10 heteroatoms. The zero-order valence-corrected chi connectivity index (χ0v) is 15.9. The van der Waals surface area contributed by atoms with Crippen molar-refractivity contribution in [2.24, 2.45) is 0 Å². The second-order valence-electron chi connectivity index (χ2n) is 6.62. The average molecular weight is 401 g/mol. The Morgan fingerprint density at radius 2 is 2.00 bits per heavy atom. The quantitative estimate of drug-likeness (QED) is 0.464. The molecule has 28 heavy (non-hydrogen) atoms. The molecule has 1 fully saturated rings. The largest absolute Gasteiger partial charge is 0.372 e. The molecule has 4 rings (SSSR count). The predicted molar refractivity (Wildman–Crippen MR) is 105 cm³/mol. The Morgan fingerprint density at radius 3 is 2.68 bits per heavy atom. The van der Waals surface area contributed by atoms with Crippen LogP contribution in [0, 0.1) is 10.1 Å². The number of hydrogen-bond donors (Lipinski definition) is 2. The Labute approximate surface area is 161 Å². The van der Waals surface area contributed by atoms with Crippen LogP contribution < -0.4 is 10.0 Å². The van der Waals surface area contributed by atoms with Gasteiger partial charge >= 0.3 is 0 Å². The summed E-state index contributed by atoms with van der Waals surface area (Å²) in [5.41, 5.74) is 1.88. The number of nitrogens with zero attached hydrogens (tertiary/aromatic N) is 3. The van der Waals surface area contributed by atoms with E-state index in [4.69, 9.17) is 0 Å². The van der Waals surface area contributed by atoms with E-state index in [9.17, 15) is 18.5 Å². The molecule has 1 aliphatic carbocycles. The number of fused-ring (bicyclic) bond motifs is 1. The van der Waals surface area contributed by atoms with Crippen LogP contribution in [0.15, 0.2) is 47.4 Å². The number of benzene rings is 2. The Morgan fingerprint density at radius 1 is 1.25 bits per heavy atom. The van der Waals surface area contributed by atoms with Crippen molar-refractivity contribution in [1.82, 2.24) is 14.3 Å². The number of anilines is 1. The summed E-state index contributed by atoms with van der Waals surface area (Å²) in [6, 6.07) is 12.1. The molecule has 0 saturated heterocycles. The van der Waals surface area contributed by atoms with Gasteiger partial charge in [-0.2, -0.15) is 0 Å². The maximum atomic E-state index is 11.9. The number of nitrogens with one attached hydrogen (secondary N) is 2. The lowest BCUT2D eigenvalue weighted by molar-refractivity contribution is -0.384. The van der Waals surface area contributed by atoms with E-state index < -0.39 is 14.9 Å². The lowest BCUT2D eigenvalue weighted by Gasteiger charge is -2.11. The highest BCUT2D eigenvalue weighted by Gasteiger charge is 2.28. The van der Waals surface area contributed by atoms with E-state index >= 15 is 0 Å². The van der Waals surface area contributed by atoms with E-state index in [1.54, 1.807) is 0 Å². The number of nitro benzene ring substituents is 1. The minimum absolute atomic E-state index is 0.155. The molecular formula is C18H19N5O4S. The van der Waals surface area contributed by atoms with Crippen LogP contribution in [0.25, 0.3) is 11.0 Å². The first-order chi connectivity index (χ1) is 13.4. The molecule has 1 saturated carbocycles. The maximum absolute atomic E-state index is 11.9. The van der Waals surface area contributed by atoms with Crippen LogP contribution in [0.3, 0.4) is 0 Å². The molecule has 0 amide bonds. The summed E-state index contributed by atoms with van der Waals surface area (Å²) in [6.07, 6.45) is 2.17. The number of para-hydroxylation sites is 2. The second-order valence-corrected chi connectivity index (χ2v) is 8.50. The van der Waals surface area contributed by atoms with E-state index in [-0.39, 0.29) is 16.3 Å². The molecule has 0 spiro atoms. The molecule has 1 aliphatic rings. The molecule has 9 nitrogen and oxygen atoms in total. The Kier molecular flexibility index (Phi) is 4.52. The molecule has 0 unspecified atom stereocenters. The highest BCUT2D eigenvalue weighted by atomic mass is 32.2. The Balaban J connectivity index is 1.66. The van der Waals surface area contributed by atoms with Crippen molar-refractivity contribution in [3.05, 3.63) is 58.4 Å². The zero-order chi connectivity index (χ0) is 19.9. The highest BCUT2D eigenvalue weighted by Crippen LogP contribution is 2.39. The SMILES string of the molecule is CNS(=O)(=O)c1ccc(NCc2nc3ccccc3n2C2CC2)c([N+](=O)[O-])c1. The van der Waals surface area contributed by atoms with Gasteiger partial charge in [0.1, 0.15) is 11.5 Å². The fourth-order valence-corrected chi connectivity index (χ4v) is 3.98. The lowest BCUT2D eigenvalue weighted by Crippen LogP contribution is -2.18. The molecule has 2 aromatic carbocycles. The van der Waals surface area contributed by atoms with E-state index in [0.29, 0.717) is 12.6 Å². The van der Waals surface area contributed by atoms with Crippen molar-refractivity contribution in [3.63, 3.8) is 0 Å². The van der Waals surface area contributed by atoms with Crippen LogP contribution in [0.4, 0.5) is 11.4 Å². The van der Waals surface area contributed by atoms with Gasteiger partial charge in [-0.25, -0.2) is 18.1 Å². The third kappa shape index (κ3) is 3.32. The summed E-state index contributed by atoms with van der Waals surface area (Å²) in [5.74, 6) is 0.796. The van der Waals surface area contributed by atoms with Crippen molar-refractivity contribution in [2.45, 2.75) is 30.3 Å². The van der Waals surface area contributed by atoms with Gasteiger partial charge in [0.15, 0.2) is 0 Å². The molecule has 1 heterocycles. The number of sulfonamides is 1. The Hall–Kier alpha value is -2.98. The monoisotopic (exact) mass is 401 g/mol. The van der Waals surface area contributed by atoms with Gasteiger partial charge in [0.05, 0.1) is 27.4 Å². The summed E-state index contributed by atoms with van der Waals surface area (Å²) in [7, 11) is -2.50. The van der Waals surface area contributed by atoms with Gasteiger partial charge in [-0.1, -0.05) is 12.1 Å². The number of hydrogen-bond acceptors (Lipinski definition) is 6. The van der Waals surface area contributed by atoms with Crippen LogP contribution in [-0.2, 0) is 16.6 Å². The van der Waals surface area contributed by atoms with Gasteiger partial charge in [0.25, 0.3) is 5.69 Å². The third-order valence-corrected chi connectivity index (χ3v) is 6.17. The standard InChI is InChI=1S/C18H19N5O4S/c1-19-28(26,27)13-8-9-14(17(10-13)23(24)25)20-11-18-21-15-4-2-3-5-16(15)22(18)12-6-7-12/h2-5,8-10,12,19-20H,6-7,11H2,1H3. The first-order valence-electron chi connectivity index (χ1n) is 8.82. The molecule has 0 atom stereocenters. The molecule has 146 valence electrons. The van der Waals surface area contributed by atoms with Crippen molar-refractivity contribution < 1.29 is 13.3 Å². The summed E-state index contributed by atoms with van der Waals surface area (Å²) in [5, 5.41) is 14.5. The summed E-state index contributed by atoms with van der Waals surface area (Å²) < 4.78 is 28.2.